The van der Waals surface area contributed by atoms with Crippen molar-refractivity contribution in [1.82, 2.24) is 9.88 Å². The van der Waals surface area contributed by atoms with Crippen molar-refractivity contribution >= 4 is 34.7 Å². The van der Waals surface area contributed by atoms with Crippen LogP contribution in [0.3, 0.4) is 0 Å². The van der Waals surface area contributed by atoms with E-state index < -0.39 is 0 Å². The van der Waals surface area contributed by atoms with Crippen molar-refractivity contribution in [2.75, 3.05) is 13.6 Å². The summed E-state index contributed by atoms with van der Waals surface area (Å²) in [5, 5.41) is 0.317. The van der Waals surface area contributed by atoms with Crippen molar-refractivity contribution in [2.24, 2.45) is 5.73 Å². The van der Waals surface area contributed by atoms with Crippen LogP contribution in [-0.4, -0.2) is 34.4 Å². The number of nitrogens with zero attached hydrogens (tertiary/aromatic N) is 2. The second-order valence-corrected chi connectivity index (χ2v) is 3.91. The lowest BCUT2D eigenvalue weighted by Gasteiger charge is -2.16. The number of hydrogen-bond donors (Lipinski definition) is 1. The molecule has 4 nitrogen and oxygen atoms in total. The predicted molar refractivity (Wildman–Crippen MR) is 63.0 cm³/mol. The Bertz CT molecular complexity index is 397. The summed E-state index contributed by atoms with van der Waals surface area (Å²) in [6.07, 6.45) is 2.93. The molecule has 1 heterocycles. The number of likely N-dealkylation sites (N-methyl/N-ethyl adjacent to an activating group) is 1. The van der Waals surface area contributed by atoms with Crippen LogP contribution >= 0.6 is 23.8 Å². The molecule has 0 bridgehead atoms. The van der Waals surface area contributed by atoms with E-state index in [0.717, 1.165) is 0 Å². The molecule has 1 aromatic rings. The van der Waals surface area contributed by atoms with Crippen LogP contribution < -0.4 is 5.73 Å². The highest BCUT2D eigenvalue weighted by Crippen LogP contribution is 2.14. The lowest BCUT2D eigenvalue weighted by molar-refractivity contribution is 0.0815. The predicted octanol–water partition coefficient (Wildman–Crippen LogP) is 1.09. The second-order valence-electron chi connectivity index (χ2n) is 2.98. The Balaban J connectivity index is 2.85. The van der Waals surface area contributed by atoms with Gasteiger partial charge in [-0.25, -0.2) is 0 Å². The minimum Gasteiger partial charge on any atom is -0.392 e. The number of amides is 1. The van der Waals surface area contributed by atoms with Gasteiger partial charge in [0.1, 0.15) is 0 Å². The fraction of sp³-hybridized carbons (Fsp3) is 0.222. The fourth-order valence-corrected chi connectivity index (χ4v) is 1.45. The number of halogens is 1. The van der Waals surface area contributed by atoms with Gasteiger partial charge in [0.25, 0.3) is 5.91 Å². The van der Waals surface area contributed by atoms with E-state index in [-0.39, 0.29) is 17.4 Å². The van der Waals surface area contributed by atoms with Gasteiger partial charge in [-0.15, -0.1) is 0 Å². The van der Waals surface area contributed by atoms with Gasteiger partial charge in [0, 0.05) is 19.4 Å². The van der Waals surface area contributed by atoms with Crippen molar-refractivity contribution in [3.05, 3.63) is 29.0 Å². The first kappa shape index (κ1) is 11.9. The normalized spacial score (nSPS) is 9.73. The molecule has 1 rings (SSSR count). The molecule has 0 radical (unpaired) electrons. The summed E-state index contributed by atoms with van der Waals surface area (Å²) in [5.41, 5.74) is 5.73. The van der Waals surface area contributed by atoms with E-state index in [1.54, 1.807) is 13.1 Å². The molecule has 1 amide bonds. The summed E-state index contributed by atoms with van der Waals surface area (Å²) < 4.78 is 0. The zero-order valence-corrected chi connectivity index (χ0v) is 9.68. The van der Waals surface area contributed by atoms with Crippen LogP contribution in [0.4, 0.5) is 0 Å². The average molecular weight is 244 g/mol. The van der Waals surface area contributed by atoms with Gasteiger partial charge in [-0.05, 0) is 6.07 Å². The van der Waals surface area contributed by atoms with Crippen LogP contribution in [0.5, 0.6) is 0 Å². The summed E-state index contributed by atoms with van der Waals surface area (Å²) >= 11 is 10.5. The summed E-state index contributed by atoms with van der Waals surface area (Å²) in [4.78, 5) is 17.3. The van der Waals surface area contributed by atoms with E-state index in [1.165, 1.54) is 17.3 Å². The van der Waals surface area contributed by atoms with Gasteiger partial charge in [0.2, 0.25) is 0 Å². The molecule has 0 saturated heterocycles. The summed E-state index contributed by atoms with van der Waals surface area (Å²) in [6, 6.07) is 1.56. The Kier molecular flexibility index (Phi) is 3.99. The van der Waals surface area contributed by atoms with Crippen LogP contribution in [-0.2, 0) is 0 Å². The number of pyridine rings is 1. The van der Waals surface area contributed by atoms with E-state index in [4.69, 9.17) is 29.6 Å². The van der Waals surface area contributed by atoms with E-state index in [1.807, 2.05) is 0 Å². The molecule has 0 aliphatic rings. The van der Waals surface area contributed by atoms with E-state index in [9.17, 15) is 4.79 Å². The Hall–Kier alpha value is -1.20. The summed E-state index contributed by atoms with van der Waals surface area (Å²) in [5.74, 6) is -0.227. The first-order chi connectivity index (χ1) is 7.02. The minimum atomic E-state index is -0.227. The smallest absolute Gasteiger partial charge is 0.255 e. The Morgan fingerprint density at radius 3 is 2.93 bits per heavy atom. The summed E-state index contributed by atoms with van der Waals surface area (Å²) in [7, 11) is 1.61. The minimum absolute atomic E-state index is 0.227. The van der Waals surface area contributed by atoms with Gasteiger partial charge >= 0.3 is 0 Å². The van der Waals surface area contributed by atoms with E-state index >= 15 is 0 Å². The Labute approximate surface area is 98.0 Å². The number of carbonyl (C=O) groups excluding carboxylic acids is 1. The highest BCUT2D eigenvalue weighted by molar-refractivity contribution is 7.80. The molecule has 0 aliphatic heterocycles. The maximum atomic E-state index is 11.8. The lowest BCUT2D eigenvalue weighted by Crippen LogP contribution is -2.34. The maximum Gasteiger partial charge on any atom is 0.255 e. The van der Waals surface area contributed by atoms with Gasteiger partial charge in [-0.1, -0.05) is 23.8 Å². The standard InChI is InChI=1S/C9H10ClN3OS/c1-13(5-8(11)15)9(14)6-2-3-12-4-7(6)10/h2-4H,5H2,1H3,(H2,11,15). The van der Waals surface area contributed by atoms with Crippen LogP contribution in [0.1, 0.15) is 10.4 Å². The second kappa shape index (κ2) is 5.04. The van der Waals surface area contributed by atoms with Gasteiger partial charge in [0.05, 0.1) is 22.1 Å². The zero-order valence-electron chi connectivity index (χ0n) is 8.11. The highest BCUT2D eigenvalue weighted by atomic mass is 35.5. The molecule has 0 spiro atoms. The van der Waals surface area contributed by atoms with Crippen molar-refractivity contribution in [1.29, 1.82) is 0 Å². The third-order valence-electron chi connectivity index (χ3n) is 1.74. The summed E-state index contributed by atoms with van der Waals surface area (Å²) in [6.45, 7) is 0.229. The number of thiocarbonyl (C=S) groups is 1. The SMILES string of the molecule is CN(CC(N)=S)C(=O)c1ccncc1Cl. The largest absolute Gasteiger partial charge is 0.392 e. The fourth-order valence-electron chi connectivity index (χ4n) is 1.06. The van der Waals surface area contributed by atoms with Crippen LogP contribution in [0.25, 0.3) is 0 Å². The van der Waals surface area contributed by atoms with Crippen LogP contribution in [0, 0.1) is 0 Å². The van der Waals surface area contributed by atoms with Crippen molar-refractivity contribution < 1.29 is 4.79 Å². The molecule has 0 fully saturated rings. The third-order valence-corrected chi connectivity index (χ3v) is 2.17. The van der Waals surface area contributed by atoms with Crippen LogP contribution in [0.15, 0.2) is 18.5 Å². The molecule has 15 heavy (non-hydrogen) atoms. The first-order valence-corrected chi connectivity index (χ1v) is 4.94. The van der Waals surface area contributed by atoms with Gasteiger partial charge in [-0.3, -0.25) is 9.78 Å². The first-order valence-electron chi connectivity index (χ1n) is 4.15. The molecule has 1 aromatic heterocycles. The molecule has 0 unspecified atom stereocenters. The molecule has 0 atom stereocenters. The molecule has 0 aliphatic carbocycles. The molecule has 6 heteroatoms. The molecule has 0 aromatic carbocycles. The monoisotopic (exact) mass is 243 g/mol. The molecule has 2 N–H and O–H groups in total. The number of carbonyl (C=O) groups is 1. The van der Waals surface area contributed by atoms with Crippen LogP contribution in [0.2, 0.25) is 5.02 Å². The third kappa shape index (κ3) is 3.14. The number of aromatic nitrogens is 1. The van der Waals surface area contributed by atoms with Gasteiger partial charge in [-0.2, -0.15) is 0 Å². The Morgan fingerprint density at radius 2 is 2.40 bits per heavy atom. The van der Waals surface area contributed by atoms with Gasteiger partial charge in [0.15, 0.2) is 0 Å². The number of hydrogen-bond acceptors (Lipinski definition) is 3. The van der Waals surface area contributed by atoms with Gasteiger partial charge < -0.3 is 10.6 Å². The quantitative estimate of drug-likeness (QED) is 0.808. The number of rotatable bonds is 3. The highest BCUT2D eigenvalue weighted by Gasteiger charge is 2.14. The average Bonchev–Trinajstić information content (AvgIpc) is 2.16. The topological polar surface area (TPSA) is 59.2 Å². The van der Waals surface area contributed by atoms with E-state index in [2.05, 4.69) is 4.98 Å². The number of nitrogens with two attached hydrogens (primary N) is 1. The molecule has 0 saturated carbocycles. The lowest BCUT2D eigenvalue weighted by atomic mass is 10.2. The van der Waals surface area contributed by atoms with Crippen molar-refractivity contribution in [2.45, 2.75) is 0 Å². The zero-order chi connectivity index (χ0) is 11.4. The maximum absolute atomic E-state index is 11.8. The van der Waals surface area contributed by atoms with E-state index in [0.29, 0.717) is 10.6 Å². The molecular formula is C9H10ClN3OS. The molecule has 80 valence electrons. The van der Waals surface area contributed by atoms with Crippen molar-refractivity contribution in [3.63, 3.8) is 0 Å². The molecular weight excluding hydrogens is 234 g/mol. The Morgan fingerprint density at radius 1 is 1.73 bits per heavy atom. The van der Waals surface area contributed by atoms with Crippen molar-refractivity contribution in [3.8, 4) is 0 Å².